The van der Waals surface area contributed by atoms with Gasteiger partial charge in [-0.2, -0.15) is 0 Å². The van der Waals surface area contributed by atoms with E-state index in [4.69, 9.17) is 0 Å². The lowest BCUT2D eigenvalue weighted by Gasteiger charge is -2.32. The van der Waals surface area contributed by atoms with Crippen LogP contribution in [0.5, 0.6) is 0 Å². The molecule has 2 aliphatic heterocycles. The standard InChI is InChI=1S/C19H28N4O2.ClH/c1-15(21-19(25)16-5-3-2-4-6-16)13-18(24)23-10-7-17(14-23)22-11-8-20-9-12-22;/h2-6,15,17,20H,7-14H2,1H3,(H,21,25);1H. The highest BCUT2D eigenvalue weighted by Gasteiger charge is 2.31. The fraction of sp³-hybridized carbons (Fsp3) is 0.579. The molecule has 0 radical (unpaired) electrons. The summed E-state index contributed by atoms with van der Waals surface area (Å²) in [6, 6.07) is 9.44. The van der Waals surface area contributed by atoms with Crippen LogP contribution in [0.2, 0.25) is 0 Å². The van der Waals surface area contributed by atoms with Gasteiger partial charge in [-0.3, -0.25) is 14.5 Å². The zero-order valence-electron chi connectivity index (χ0n) is 15.3. The molecule has 0 aliphatic carbocycles. The fourth-order valence-corrected chi connectivity index (χ4v) is 3.65. The van der Waals surface area contributed by atoms with E-state index in [1.54, 1.807) is 12.1 Å². The summed E-state index contributed by atoms with van der Waals surface area (Å²) in [5.74, 6) is 0.0134. The topological polar surface area (TPSA) is 64.7 Å². The number of rotatable bonds is 5. The Morgan fingerprint density at radius 3 is 2.58 bits per heavy atom. The number of nitrogens with one attached hydrogen (secondary N) is 2. The molecule has 0 bridgehead atoms. The van der Waals surface area contributed by atoms with Crippen molar-refractivity contribution in [2.75, 3.05) is 39.3 Å². The molecular weight excluding hydrogens is 352 g/mol. The van der Waals surface area contributed by atoms with Crippen molar-refractivity contribution in [2.45, 2.75) is 31.8 Å². The molecule has 0 saturated carbocycles. The van der Waals surface area contributed by atoms with E-state index in [0.717, 1.165) is 45.7 Å². The second-order valence-corrected chi connectivity index (χ2v) is 7.01. The van der Waals surface area contributed by atoms with Gasteiger partial charge in [0.15, 0.2) is 0 Å². The van der Waals surface area contributed by atoms with Crippen molar-refractivity contribution in [1.29, 1.82) is 0 Å². The number of benzene rings is 1. The molecular formula is C19H29ClN4O2. The van der Waals surface area contributed by atoms with Crippen LogP contribution in [0.15, 0.2) is 30.3 Å². The molecule has 2 saturated heterocycles. The van der Waals surface area contributed by atoms with Crippen LogP contribution in [-0.4, -0.2) is 73.0 Å². The van der Waals surface area contributed by atoms with Crippen molar-refractivity contribution in [3.63, 3.8) is 0 Å². The lowest BCUT2D eigenvalue weighted by Crippen LogP contribution is -2.49. The van der Waals surface area contributed by atoms with E-state index in [-0.39, 0.29) is 30.3 Å². The first-order chi connectivity index (χ1) is 12.1. The van der Waals surface area contributed by atoms with Gasteiger partial charge < -0.3 is 15.5 Å². The Hall–Kier alpha value is -1.63. The van der Waals surface area contributed by atoms with Gasteiger partial charge in [0.05, 0.1) is 0 Å². The Morgan fingerprint density at radius 1 is 1.19 bits per heavy atom. The molecule has 2 atom stereocenters. The third kappa shape index (κ3) is 5.43. The summed E-state index contributed by atoms with van der Waals surface area (Å²) < 4.78 is 0. The maximum atomic E-state index is 12.5. The van der Waals surface area contributed by atoms with Crippen LogP contribution in [0.25, 0.3) is 0 Å². The maximum absolute atomic E-state index is 12.5. The smallest absolute Gasteiger partial charge is 0.251 e. The first-order valence-electron chi connectivity index (χ1n) is 9.22. The van der Waals surface area contributed by atoms with Gasteiger partial charge >= 0.3 is 0 Å². The normalized spacial score (nSPS) is 21.7. The molecule has 2 amide bonds. The molecule has 144 valence electrons. The first-order valence-corrected chi connectivity index (χ1v) is 9.22. The predicted octanol–water partition coefficient (Wildman–Crippen LogP) is 1.12. The summed E-state index contributed by atoms with van der Waals surface area (Å²) in [6.07, 6.45) is 1.41. The minimum atomic E-state index is -0.168. The zero-order chi connectivity index (χ0) is 17.6. The van der Waals surface area contributed by atoms with Crippen LogP contribution >= 0.6 is 12.4 Å². The number of hydrogen-bond acceptors (Lipinski definition) is 4. The lowest BCUT2D eigenvalue weighted by atomic mass is 10.1. The van der Waals surface area contributed by atoms with Crippen molar-refractivity contribution in [1.82, 2.24) is 20.4 Å². The first kappa shape index (κ1) is 20.7. The Bertz CT molecular complexity index is 592. The average Bonchev–Trinajstić information content (AvgIpc) is 3.13. The van der Waals surface area contributed by atoms with Gasteiger partial charge in [-0.1, -0.05) is 18.2 Å². The van der Waals surface area contributed by atoms with E-state index in [1.807, 2.05) is 30.0 Å². The highest BCUT2D eigenvalue weighted by molar-refractivity contribution is 5.94. The van der Waals surface area contributed by atoms with E-state index in [1.165, 1.54) is 0 Å². The second-order valence-electron chi connectivity index (χ2n) is 7.01. The molecule has 2 unspecified atom stereocenters. The molecule has 2 N–H and O–H groups in total. The SMILES string of the molecule is CC(CC(=O)N1CCC(N2CCNCC2)C1)NC(=O)c1ccccc1.Cl. The third-order valence-corrected chi connectivity index (χ3v) is 5.08. The van der Waals surface area contributed by atoms with Crippen LogP contribution in [0.4, 0.5) is 0 Å². The largest absolute Gasteiger partial charge is 0.349 e. The summed E-state index contributed by atoms with van der Waals surface area (Å²) in [4.78, 5) is 29.2. The van der Waals surface area contributed by atoms with Gasteiger partial charge in [-0.25, -0.2) is 0 Å². The number of amides is 2. The molecule has 7 heteroatoms. The molecule has 0 spiro atoms. The van der Waals surface area contributed by atoms with E-state index < -0.39 is 0 Å². The lowest BCUT2D eigenvalue weighted by molar-refractivity contribution is -0.130. The van der Waals surface area contributed by atoms with Crippen molar-refractivity contribution in [3.05, 3.63) is 35.9 Å². The van der Waals surface area contributed by atoms with E-state index in [9.17, 15) is 9.59 Å². The number of nitrogens with zero attached hydrogens (tertiary/aromatic N) is 2. The molecule has 2 aliphatic rings. The quantitative estimate of drug-likeness (QED) is 0.803. The minimum Gasteiger partial charge on any atom is -0.349 e. The molecule has 1 aromatic carbocycles. The molecule has 1 aromatic rings. The number of hydrogen-bond donors (Lipinski definition) is 2. The van der Waals surface area contributed by atoms with Crippen LogP contribution < -0.4 is 10.6 Å². The number of piperazine rings is 1. The Kier molecular flexibility index (Phi) is 7.87. The second kappa shape index (κ2) is 9.90. The van der Waals surface area contributed by atoms with Crippen molar-refractivity contribution in [2.24, 2.45) is 0 Å². The van der Waals surface area contributed by atoms with Gasteiger partial charge in [0.25, 0.3) is 5.91 Å². The minimum absolute atomic E-state index is 0. The van der Waals surface area contributed by atoms with E-state index in [0.29, 0.717) is 18.0 Å². The molecule has 2 heterocycles. The Labute approximate surface area is 161 Å². The number of likely N-dealkylation sites (tertiary alicyclic amines) is 1. The summed E-state index contributed by atoms with van der Waals surface area (Å²) in [6.45, 7) is 7.74. The monoisotopic (exact) mass is 380 g/mol. The molecule has 6 nitrogen and oxygen atoms in total. The predicted molar refractivity (Wildman–Crippen MR) is 105 cm³/mol. The van der Waals surface area contributed by atoms with Crippen molar-refractivity contribution < 1.29 is 9.59 Å². The number of halogens is 1. The van der Waals surface area contributed by atoms with E-state index >= 15 is 0 Å². The van der Waals surface area contributed by atoms with Gasteiger partial charge in [0, 0.05) is 63.3 Å². The van der Waals surface area contributed by atoms with Gasteiger partial charge in [0.1, 0.15) is 0 Å². The summed E-state index contributed by atoms with van der Waals surface area (Å²) in [5, 5.41) is 6.29. The molecule has 2 fully saturated rings. The number of carbonyl (C=O) groups is 2. The zero-order valence-corrected chi connectivity index (χ0v) is 16.1. The Balaban J connectivity index is 0.00000243. The molecule has 0 aromatic heterocycles. The molecule has 26 heavy (non-hydrogen) atoms. The average molecular weight is 381 g/mol. The van der Waals surface area contributed by atoms with Crippen LogP contribution in [0.1, 0.15) is 30.1 Å². The highest BCUT2D eigenvalue weighted by Crippen LogP contribution is 2.17. The highest BCUT2D eigenvalue weighted by atomic mass is 35.5. The maximum Gasteiger partial charge on any atom is 0.251 e. The van der Waals surface area contributed by atoms with Crippen molar-refractivity contribution in [3.8, 4) is 0 Å². The Morgan fingerprint density at radius 2 is 1.88 bits per heavy atom. The fourth-order valence-electron chi connectivity index (χ4n) is 3.65. The van der Waals surface area contributed by atoms with Crippen LogP contribution in [0, 0.1) is 0 Å². The van der Waals surface area contributed by atoms with E-state index in [2.05, 4.69) is 15.5 Å². The third-order valence-electron chi connectivity index (χ3n) is 5.08. The van der Waals surface area contributed by atoms with Crippen molar-refractivity contribution >= 4 is 24.2 Å². The summed E-state index contributed by atoms with van der Waals surface area (Å²) in [7, 11) is 0. The summed E-state index contributed by atoms with van der Waals surface area (Å²) in [5.41, 5.74) is 0.627. The molecule has 3 rings (SSSR count). The number of carbonyl (C=O) groups excluding carboxylic acids is 2. The van der Waals surface area contributed by atoms with Gasteiger partial charge in [0.2, 0.25) is 5.91 Å². The van der Waals surface area contributed by atoms with Gasteiger partial charge in [-0.05, 0) is 25.5 Å². The summed E-state index contributed by atoms with van der Waals surface area (Å²) >= 11 is 0. The van der Waals surface area contributed by atoms with Gasteiger partial charge in [-0.15, -0.1) is 12.4 Å². The van der Waals surface area contributed by atoms with Crippen LogP contribution in [0.3, 0.4) is 0 Å². The van der Waals surface area contributed by atoms with Crippen LogP contribution in [-0.2, 0) is 4.79 Å².